The van der Waals surface area contributed by atoms with Crippen molar-refractivity contribution in [2.24, 2.45) is 0 Å². The van der Waals surface area contributed by atoms with Crippen LogP contribution in [0, 0.1) is 10.1 Å². The maximum absolute atomic E-state index is 10.2. The molecular formula is C7H7NO4. The van der Waals surface area contributed by atoms with Crippen LogP contribution in [0.4, 0.5) is 5.69 Å². The molecule has 1 aromatic rings. The van der Waals surface area contributed by atoms with Gasteiger partial charge in [0.2, 0.25) is 0 Å². The molecule has 0 bridgehead atoms. The maximum atomic E-state index is 10.2. The fraction of sp³-hybridized carbons (Fsp3) is 0.143. The van der Waals surface area contributed by atoms with Gasteiger partial charge in [0.15, 0.2) is 5.75 Å². The standard InChI is InChI=1S/C7H7NO4/c1-11-12-7-4-2-6(3-5-7)8(9)10/h2-5H,1H3. The summed E-state index contributed by atoms with van der Waals surface area (Å²) in [6.45, 7) is 0. The molecule has 0 aliphatic rings. The van der Waals surface area contributed by atoms with Crippen LogP contribution < -0.4 is 4.89 Å². The first kappa shape index (κ1) is 8.48. The van der Waals surface area contributed by atoms with Crippen molar-refractivity contribution in [3.8, 4) is 5.75 Å². The number of hydrogen-bond acceptors (Lipinski definition) is 4. The first-order valence-electron chi connectivity index (χ1n) is 3.19. The molecule has 0 fully saturated rings. The fourth-order valence-electron chi connectivity index (χ4n) is 0.720. The van der Waals surface area contributed by atoms with Crippen LogP contribution in [0.1, 0.15) is 0 Å². The molecule has 0 radical (unpaired) electrons. The van der Waals surface area contributed by atoms with Crippen LogP contribution in [0.15, 0.2) is 24.3 Å². The highest BCUT2D eigenvalue weighted by molar-refractivity contribution is 5.35. The van der Waals surface area contributed by atoms with E-state index in [-0.39, 0.29) is 5.69 Å². The van der Waals surface area contributed by atoms with Crippen LogP contribution in [0.25, 0.3) is 0 Å². The van der Waals surface area contributed by atoms with Gasteiger partial charge >= 0.3 is 0 Å². The average molecular weight is 169 g/mol. The Morgan fingerprint density at radius 1 is 1.33 bits per heavy atom. The summed E-state index contributed by atoms with van der Waals surface area (Å²) in [4.78, 5) is 18.7. The molecule has 0 saturated carbocycles. The second-order valence-electron chi connectivity index (χ2n) is 2.00. The molecule has 12 heavy (non-hydrogen) atoms. The second kappa shape index (κ2) is 3.68. The third-order valence-electron chi connectivity index (χ3n) is 1.23. The van der Waals surface area contributed by atoms with E-state index in [0.29, 0.717) is 5.75 Å². The molecule has 0 heterocycles. The monoisotopic (exact) mass is 169 g/mol. The molecule has 0 atom stereocenters. The van der Waals surface area contributed by atoms with Crippen LogP contribution in [-0.4, -0.2) is 12.0 Å². The number of benzene rings is 1. The number of non-ortho nitro benzene ring substituents is 1. The lowest BCUT2D eigenvalue weighted by Gasteiger charge is -1.98. The van der Waals surface area contributed by atoms with Gasteiger partial charge in [-0.05, 0) is 12.1 Å². The van der Waals surface area contributed by atoms with Gasteiger partial charge in [0.25, 0.3) is 5.69 Å². The second-order valence-corrected chi connectivity index (χ2v) is 2.00. The van der Waals surface area contributed by atoms with Gasteiger partial charge in [-0.25, -0.2) is 0 Å². The Balaban J connectivity index is 2.78. The first-order chi connectivity index (χ1) is 5.74. The van der Waals surface area contributed by atoms with Crippen LogP contribution in [0.2, 0.25) is 0 Å². The van der Waals surface area contributed by atoms with Gasteiger partial charge in [-0.1, -0.05) is 0 Å². The van der Waals surface area contributed by atoms with Crippen molar-refractivity contribution in [1.29, 1.82) is 0 Å². The van der Waals surface area contributed by atoms with E-state index in [9.17, 15) is 10.1 Å². The lowest BCUT2D eigenvalue weighted by Crippen LogP contribution is -1.91. The van der Waals surface area contributed by atoms with E-state index in [0.717, 1.165) is 0 Å². The first-order valence-corrected chi connectivity index (χ1v) is 3.19. The normalized spacial score (nSPS) is 9.42. The summed E-state index contributed by atoms with van der Waals surface area (Å²) in [6.07, 6.45) is 0. The minimum absolute atomic E-state index is 0.0263. The van der Waals surface area contributed by atoms with Crippen molar-refractivity contribution >= 4 is 5.69 Å². The molecule has 0 N–H and O–H groups in total. The van der Waals surface area contributed by atoms with Crippen molar-refractivity contribution in [2.75, 3.05) is 7.11 Å². The van der Waals surface area contributed by atoms with Gasteiger partial charge in [0, 0.05) is 12.1 Å². The van der Waals surface area contributed by atoms with Crippen molar-refractivity contribution in [3.05, 3.63) is 34.4 Å². The predicted molar refractivity (Wildman–Crippen MR) is 40.7 cm³/mol. The van der Waals surface area contributed by atoms with E-state index in [1.165, 1.54) is 31.4 Å². The highest BCUT2D eigenvalue weighted by Crippen LogP contribution is 2.16. The zero-order valence-electron chi connectivity index (χ0n) is 6.39. The van der Waals surface area contributed by atoms with Crippen LogP contribution in [-0.2, 0) is 4.89 Å². The molecule has 5 heteroatoms. The smallest absolute Gasteiger partial charge is 0.269 e. The molecule has 1 aromatic carbocycles. The molecule has 64 valence electrons. The topological polar surface area (TPSA) is 61.6 Å². The highest BCUT2D eigenvalue weighted by Gasteiger charge is 2.03. The van der Waals surface area contributed by atoms with Crippen molar-refractivity contribution in [3.63, 3.8) is 0 Å². The molecule has 0 aliphatic carbocycles. The molecule has 1 rings (SSSR count). The Morgan fingerprint density at radius 3 is 2.33 bits per heavy atom. The summed E-state index contributed by atoms with van der Waals surface area (Å²) < 4.78 is 0. The van der Waals surface area contributed by atoms with Crippen molar-refractivity contribution in [1.82, 2.24) is 0 Å². The maximum Gasteiger partial charge on any atom is 0.269 e. The predicted octanol–water partition coefficient (Wildman–Crippen LogP) is 1.53. The largest absolute Gasteiger partial charge is 0.338 e. The van der Waals surface area contributed by atoms with Crippen LogP contribution in [0.3, 0.4) is 0 Å². The summed E-state index contributed by atoms with van der Waals surface area (Å²) >= 11 is 0. The molecule has 0 saturated heterocycles. The van der Waals surface area contributed by atoms with E-state index < -0.39 is 4.92 Å². The highest BCUT2D eigenvalue weighted by atomic mass is 17.2. The zero-order chi connectivity index (χ0) is 8.97. The molecule has 5 nitrogen and oxygen atoms in total. The van der Waals surface area contributed by atoms with Gasteiger partial charge in [-0.3, -0.25) is 10.1 Å². The molecule has 0 spiro atoms. The Hall–Kier alpha value is -1.62. The molecule has 0 aromatic heterocycles. The average Bonchev–Trinajstić information content (AvgIpc) is 2.06. The Bertz CT molecular complexity index is 269. The quantitative estimate of drug-likeness (QED) is 0.391. The summed E-state index contributed by atoms with van der Waals surface area (Å²) in [7, 11) is 1.36. The van der Waals surface area contributed by atoms with E-state index in [4.69, 9.17) is 0 Å². The van der Waals surface area contributed by atoms with Gasteiger partial charge in [-0.15, -0.1) is 0 Å². The third-order valence-corrected chi connectivity index (χ3v) is 1.23. The van der Waals surface area contributed by atoms with Gasteiger partial charge in [-0.2, -0.15) is 4.89 Å². The van der Waals surface area contributed by atoms with Gasteiger partial charge < -0.3 is 4.89 Å². The minimum Gasteiger partial charge on any atom is -0.338 e. The number of nitro benzene ring substituents is 1. The van der Waals surface area contributed by atoms with Crippen molar-refractivity contribution < 1.29 is 14.7 Å². The van der Waals surface area contributed by atoms with E-state index in [1.807, 2.05) is 0 Å². The third kappa shape index (κ3) is 1.93. The van der Waals surface area contributed by atoms with E-state index in [1.54, 1.807) is 0 Å². The zero-order valence-corrected chi connectivity index (χ0v) is 6.39. The van der Waals surface area contributed by atoms with Gasteiger partial charge in [0.1, 0.15) is 0 Å². The summed E-state index contributed by atoms with van der Waals surface area (Å²) in [6, 6.07) is 5.60. The molecule has 0 unspecified atom stereocenters. The summed E-state index contributed by atoms with van der Waals surface area (Å²) in [5.74, 6) is 0.433. The van der Waals surface area contributed by atoms with Crippen molar-refractivity contribution in [2.45, 2.75) is 0 Å². The lowest BCUT2D eigenvalue weighted by atomic mass is 10.3. The van der Waals surface area contributed by atoms with Crippen LogP contribution in [0.5, 0.6) is 5.75 Å². The SMILES string of the molecule is COOc1ccc([N+](=O)[O-])cc1. The lowest BCUT2D eigenvalue weighted by molar-refractivity contribution is -0.384. The Morgan fingerprint density at radius 2 is 1.92 bits per heavy atom. The number of hydrogen-bond donors (Lipinski definition) is 0. The number of nitrogens with zero attached hydrogens (tertiary/aromatic N) is 1. The van der Waals surface area contributed by atoms with E-state index in [2.05, 4.69) is 9.78 Å². The summed E-state index contributed by atoms with van der Waals surface area (Å²) in [5, 5.41) is 10.2. The molecule has 0 amide bonds. The van der Waals surface area contributed by atoms with Gasteiger partial charge in [0.05, 0.1) is 12.0 Å². The fourth-order valence-corrected chi connectivity index (χ4v) is 0.720. The number of nitro groups is 1. The minimum atomic E-state index is -0.476. The Kier molecular flexibility index (Phi) is 2.60. The van der Waals surface area contributed by atoms with Crippen LogP contribution >= 0.6 is 0 Å². The molecule has 0 aliphatic heterocycles. The summed E-state index contributed by atoms with van der Waals surface area (Å²) in [5.41, 5.74) is 0.0263. The van der Waals surface area contributed by atoms with E-state index >= 15 is 0 Å². The molecular weight excluding hydrogens is 162 g/mol. The number of rotatable bonds is 3. The Labute approximate surface area is 68.6 Å².